The standard InChI is InChI=1S/C13H20N2O2/c1-4-15(11-8-6-5-7-9-11)10-13(2,14)12(16)17-3/h5-9H,4,10,14H2,1-3H3. The fourth-order valence-corrected chi connectivity index (χ4v) is 1.72. The van der Waals surface area contributed by atoms with Gasteiger partial charge in [-0.25, -0.2) is 0 Å². The van der Waals surface area contributed by atoms with Crippen molar-refractivity contribution in [2.75, 3.05) is 25.1 Å². The summed E-state index contributed by atoms with van der Waals surface area (Å²) in [5, 5.41) is 0. The summed E-state index contributed by atoms with van der Waals surface area (Å²) in [7, 11) is 1.35. The third-order valence-corrected chi connectivity index (χ3v) is 2.67. The Balaban J connectivity index is 2.81. The lowest BCUT2D eigenvalue weighted by Crippen LogP contribution is -2.54. The van der Waals surface area contributed by atoms with E-state index in [1.54, 1.807) is 6.92 Å². The normalized spacial score (nSPS) is 13.9. The van der Waals surface area contributed by atoms with E-state index in [0.717, 1.165) is 12.2 Å². The Kier molecular flexibility index (Phi) is 4.52. The number of anilines is 1. The van der Waals surface area contributed by atoms with E-state index < -0.39 is 11.5 Å². The second-order valence-electron chi connectivity index (χ2n) is 4.26. The number of carbonyl (C=O) groups is 1. The van der Waals surface area contributed by atoms with Crippen molar-refractivity contribution in [3.63, 3.8) is 0 Å². The number of carbonyl (C=O) groups excluding carboxylic acids is 1. The van der Waals surface area contributed by atoms with Crippen LogP contribution < -0.4 is 10.6 Å². The number of nitrogens with zero attached hydrogens (tertiary/aromatic N) is 1. The molecule has 1 aromatic carbocycles. The molecule has 1 unspecified atom stereocenters. The van der Waals surface area contributed by atoms with Gasteiger partial charge in [0.1, 0.15) is 5.54 Å². The molecule has 0 aromatic heterocycles. The molecule has 0 bridgehead atoms. The Morgan fingerprint density at radius 1 is 1.41 bits per heavy atom. The minimum Gasteiger partial charge on any atom is -0.468 e. The maximum atomic E-state index is 11.5. The van der Waals surface area contributed by atoms with Crippen molar-refractivity contribution in [2.24, 2.45) is 5.73 Å². The maximum Gasteiger partial charge on any atom is 0.327 e. The third-order valence-electron chi connectivity index (χ3n) is 2.67. The zero-order valence-corrected chi connectivity index (χ0v) is 10.6. The van der Waals surface area contributed by atoms with Gasteiger partial charge in [-0.2, -0.15) is 0 Å². The number of rotatable bonds is 5. The van der Waals surface area contributed by atoms with Crippen molar-refractivity contribution in [3.05, 3.63) is 30.3 Å². The molecule has 0 spiro atoms. The van der Waals surface area contributed by atoms with Crippen LogP contribution in [0.15, 0.2) is 30.3 Å². The number of methoxy groups -OCH3 is 1. The van der Waals surface area contributed by atoms with Crippen molar-refractivity contribution >= 4 is 11.7 Å². The van der Waals surface area contributed by atoms with E-state index in [1.165, 1.54) is 7.11 Å². The van der Waals surface area contributed by atoms with Gasteiger partial charge in [-0.3, -0.25) is 4.79 Å². The third kappa shape index (κ3) is 3.46. The number of hydrogen-bond donors (Lipinski definition) is 1. The fourth-order valence-electron chi connectivity index (χ4n) is 1.72. The number of benzene rings is 1. The van der Waals surface area contributed by atoms with E-state index in [4.69, 9.17) is 10.5 Å². The summed E-state index contributed by atoms with van der Waals surface area (Å²) in [6.07, 6.45) is 0. The molecule has 94 valence electrons. The molecule has 0 aliphatic heterocycles. The molecular weight excluding hydrogens is 216 g/mol. The number of nitrogens with two attached hydrogens (primary N) is 1. The topological polar surface area (TPSA) is 55.6 Å². The van der Waals surface area contributed by atoms with Gasteiger partial charge < -0.3 is 15.4 Å². The molecule has 0 amide bonds. The van der Waals surface area contributed by atoms with Crippen molar-refractivity contribution in [1.29, 1.82) is 0 Å². The Labute approximate surface area is 102 Å². The zero-order valence-electron chi connectivity index (χ0n) is 10.6. The number of esters is 1. The molecule has 0 saturated carbocycles. The van der Waals surface area contributed by atoms with Gasteiger partial charge in [0, 0.05) is 18.8 Å². The molecule has 1 atom stereocenters. The Morgan fingerprint density at radius 2 is 2.00 bits per heavy atom. The van der Waals surface area contributed by atoms with Crippen molar-refractivity contribution in [1.82, 2.24) is 0 Å². The van der Waals surface area contributed by atoms with E-state index >= 15 is 0 Å². The SMILES string of the molecule is CCN(CC(C)(N)C(=O)OC)c1ccccc1. The van der Waals surface area contributed by atoms with E-state index in [9.17, 15) is 4.79 Å². The number of hydrogen-bond acceptors (Lipinski definition) is 4. The zero-order chi connectivity index (χ0) is 12.9. The lowest BCUT2D eigenvalue weighted by Gasteiger charge is -2.31. The van der Waals surface area contributed by atoms with Gasteiger partial charge in [0.2, 0.25) is 0 Å². The summed E-state index contributed by atoms with van der Waals surface area (Å²) < 4.78 is 4.71. The molecule has 4 heteroatoms. The Morgan fingerprint density at radius 3 is 2.47 bits per heavy atom. The lowest BCUT2D eigenvalue weighted by molar-refractivity contribution is -0.146. The minimum atomic E-state index is -0.999. The van der Waals surface area contributed by atoms with Gasteiger partial charge in [0.25, 0.3) is 0 Å². The second-order valence-corrected chi connectivity index (χ2v) is 4.26. The molecule has 0 fully saturated rings. The molecule has 1 aromatic rings. The average molecular weight is 236 g/mol. The smallest absolute Gasteiger partial charge is 0.327 e. The quantitative estimate of drug-likeness (QED) is 0.785. The molecule has 2 N–H and O–H groups in total. The number of ether oxygens (including phenoxy) is 1. The Hall–Kier alpha value is -1.55. The van der Waals surface area contributed by atoms with Gasteiger partial charge in [0.15, 0.2) is 0 Å². The van der Waals surface area contributed by atoms with Crippen LogP contribution in [0.25, 0.3) is 0 Å². The van der Waals surface area contributed by atoms with E-state index in [-0.39, 0.29) is 0 Å². The first-order valence-corrected chi connectivity index (χ1v) is 5.68. The van der Waals surface area contributed by atoms with Gasteiger partial charge >= 0.3 is 5.97 Å². The molecule has 0 radical (unpaired) electrons. The molecular formula is C13H20N2O2. The van der Waals surface area contributed by atoms with Crippen LogP contribution in [0.1, 0.15) is 13.8 Å². The molecule has 0 heterocycles. The lowest BCUT2D eigenvalue weighted by atomic mass is 10.0. The average Bonchev–Trinajstić information content (AvgIpc) is 2.36. The molecule has 0 aliphatic carbocycles. The van der Waals surface area contributed by atoms with Gasteiger partial charge in [-0.05, 0) is 26.0 Å². The van der Waals surface area contributed by atoms with E-state index in [2.05, 4.69) is 4.90 Å². The second kappa shape index (κ2) is 5.68. The van der Waals surface area contributed by atoms with Crippen LogP contribution in [0.2, 0.25) is 0 Å². The highest BCUT2D eigenvalue weighted by Gasteiger charge is 2.31. The maximum absolute atomic E-state index is 11.5. The minimum absolute atomic E-state index is 0.396. The first-order chi connectivity index (χ1) is 8.01. The summed E-state index contributed by atoms with van der Waals surface area (Å²) in [5.41, 5.74) is 6.02. The molecule has 0 aliphatic rings. The van der Waals surface area contributed by atoms with Crippen LogP contribution in [0, 0.1) is 0 Å². The highest BCUT2D eigenvalue weighted by atomic mass is 16.5. The van der Waals surface area contributed by atoms with Crippen LogP contribution in [0.3, 0.4) is 0 Å². The van der Waals surface area contributed by atoms with Gasteiger partial charge in [-0.15, -0.1) is 0 Å². The van der Waals surface area contributed by atoms with Crippen LogP contribution in [-0.2, 0) is 9.53 Å². The highest BCUT2D eigenvalue weighted by Crippen LogP contribution is 2.16. The van der Waals surface area contributed by atoms with Crippen molar-refractivity contribution < 1.29 is 9.53 Å². The molecule has 1 rings (SSSR count). The van der Waals surface area contributed by atoms with Crippen LogP contribution in [0.4, 0.5) is 5.69 Å². The van der Waals surface area contributed by atoms with E-state index in [1.807, 2.05) is 37.3 Å². The predicted octanol–water partition coefficient (Wildman–Crippen LogP) is 1.40. The summed E-state index contributed by atoms with van der Waals surface area (Å²) in [4.78, 5) is 13.6. The van der Waals surface area contributed by atoms with E-state index in [0.29, 0.717) is 6.54 Å². The number of para-hydroxylation sites is 1. The van der Waals surface area contributed by atoms with Crippen LogP contribution in [-0.4, -0.2) is 31.7 Å². The molecule has 4 nitrogen and oxygen atoms in total. The number of likely N-dealkylation sites (N-methyl/N-ethyl adjacent to an activating group) is 1. The first-order valence-electron chi connectivity index (χ1n) is 5.68. The fraction of sp³-hybridized carbons (Fsp3) is 0.462. The summed E-state index contributed by atoms with van der Waals surface area (Å²) in [5.74, 6) is -0.396. The first kappa shape index (κ1) is 13.5. The molecule has 0 saturated heterocycles. The van der Waals surface area contributed by atoms with Crippen LogP contribution in [0.5, 0.6) is 0 Å². The van der Waals surface area contributed by atoms with Crippen molar-refractivity contribution in [2.45, 2.75) is 19.4 Å². The monoisotopic (exact) mass is 236 g/mol. The van der Waals surface area contributed by atoms with Crippen LogP contribution >= 0.6 is 0 Å². The summed E-state index contributed by atoms with van der Waals surface area (Å²) in [6.45, 7) is 4.93. The summed E-state index contributed by atoms with van der Waals surface area (Å²) >= 11 is 0. The largest absolute Gasteiger partial charge is 0.468 e. The van der Waals surface area contributed by atoms with Gasteiger partial charge in [0.05, 0.1) is 7.11 Å². The Bertz CT molecular complexity index is 363. The predicted molar refractivity (Wildman–Crippen MR) is 68.9 cm³/mol. The summed E-state index contributed by atoms with van der Waals surface area (Å²) in [6, 6.07) is 9.88. The van der Waals surface area contributed by atoms with Crippen molar-refractivity contribution in [3.8, 4) is 0 Å². The highest BCUT2D eigenvalue weighted by molar-refractivity contribution is 5.80. The molecule has 17 heavy (non-hydrogen) atoms. The van der Waals surface area contributed by atoms with Gasteiger partial charge in [-0.1, -0.05) is 18.2 Å².